The van der Waals surface area contributed by atoms with Crippen molar-refractivity contribution < 1.29 is 26.4 Å². The highest BCUT2D eigenvalue weighted by atomic mass is 32.2. The lowest BCUT2D eigenvalue weighted by Crippen LogP contribution is -2.41. The van der Waals surface area contributed by atoms with E-state index in [1.54, 1.807) is 0 Å². The molecule has 9 heteroatoms. The van der Waals surface area contributed by atoms with E-state index in [0.717, 1.165) is 39.3 Å². The molecule has 5 nitrogen and oxygen atoms in total. The summed E-state index contributed by atoms with van der Waals surface area (Å²) in [5.74, 6) is -0.541. The molecule has 30 heavy (non-hydrogen) atoms. The minimum absolute atomic E-state index is 0.0728. The number of nitrogens with zero attached hydrogens (tertiary/aromatic N) is 1. The van der Waals surface area contributed by atoms with Crippen LogP contribution in [0, 0.1) is 19.8 Å². The van der Waals surface area contributed by atoms with Crippen LogP contribution in [0.25, 0.3) is 0 Å². The van der Waals surface area contributed by atoms with Gasteiger partial charge in [-0.15, -0.1) is 0 Å². The van der Waals surface area contributed by atoms with E-state index in [2.05, 4.69) is 5.32 Å². The van der Waals surface area contributed by atoms with Crippen LogP contribution in [0.15, 0.2) is 47.4 Å². The molecule has 0 unspecified atom stereocenters. The van der Waals surface area contributed by atoms with Gasteiger partial charge in [-0.25, -0.2) is 8.42 Å². The number of alkyl halides is 3. The summed E-state index contributed by atoms with van der Waals surface area (Å²) in [6.45, 7) is 3.94. The first-order chi connectivity index (χ1) is 14.0. The van der Waals surface area contributed by atoms with Crippen molar-refractivity contribution >= 4 is 21.6 Å². The highest BCUT2D eigenvalue weighted by Gasteiger charge is 2.35. The summed E-state index contributed by atoms with van der Waals surface area (Å²) in [6.07, 6.45) is -4.02. The molecule has 1 aliphatic rings. The molecular weight excluding hydrogens is 417 g/mol. The number of para-hydroxylation sites is 1. The van der Waals surface area contributed by atoms with Crippen molar-refractivity contribution in [1.29, 1.82) is 0 Å². The van der Waals surface area contributed by atoms with Gasteiger partial charge in [0.15, 0.2) is 0 Å². The molecule has 1 aliphatic heterocycles. The number of anilines is 1. The zero-order chi connectivity index (χ0) is 22.1. The van der Waals surface area contributed by atoms with E-state index < -0.39 is 26.7 Å². The highest BCUT2D eigenvalue weighted by Crippen LogP contribution is 2.32. The molecular formula is C21H23F3N2O3S. The third kappa shape index (κ3) is 4.67. The van der Waals surface area contributed by atoms with Gasteiger partial charge in [-0.05, 0) is 56.0 Å². The lowest BCUT2D eigenvalue weighted by Gasteiger charge is -2.31. The van der Waals surface area contributed by atoms with E-state index >= 15 is 0 Å². The van der Waals surface area contributed by atoms with Crippen LogP contribution in [0.3, 0.4) is 0 Å². The largest absolute Gasteiger partial charge is 0.416 e. The number of carbonyl (C=O) groups is 1. The van der Waals surface area contributed by atoms with Gasteiger partial charge in [-0.1, -0.05) is 24.3 Å². The summed E-state index contributed by atoms with van der Waals surface area (Å²) in [5.41, 5.74) is 1.62. The van der Waals surface area contributed by atoms with Crippen molar-refractivity contribution in [3.63, 3.8) is 0 Å². The summed E-state index contributed by atoms with van der Waals surface area (Å²) in [7, 11) is -4.06. The second-order valence-corrected chi connectivity index (χ2v) is 9.40. The van der Waals surface area contributed by atoms with Gasteiger partial charge in [0.1, 0.15) is 0 Å². The molecule has 0 saturated carbocycles. The molecule has 2 aromatic carbocycles. The lowest BCUT2D eigenvalue weighted by atomic mass is 9.96. The lowest BCUT2D eigenvalue weighted by molar-refractivity contribution is -0.137. The minimum Gasteiger partial charge on any atom is -0.325 e. The van der Waals surface area contributed by atoms with Crippen LogP contribution in [0.2, 0.25) is 0 Å². The second kappa shape index (κ2) is 8.39. The quantitative estimate of drug-likeness (QED) is 0.768. The molecule has 0 atom stereocenters. The molecule has 0 aromatic heterocycles. The van der Waals surface area contributed by atoms with E-state index in [0.29, 0.717) is 18.9 Å². The van der Waals surface area contributed by atoms with Crippen LogP contribution in [0.1, 0.15) is 29.5 Å². The van der Waals surface area contributed by atoms with Crippen molar-refractivity contribution in [3.8, 4) is 0 Å². The molecule has 0 radical (unpaired) electrons. The fourth-order valence-electron chi connectivity index (χ4n) is 3.58. The molecule has 1 saturated heterocycles. The number of hydrogen-bond acceptors (Lipinski definition) is 3. The Kier molecular flexibility index (Phi) is 6.24. The molecule has 1 N–H and O–H groups in total. The number of halogens is 3. The Morgan fingerprint density at radius 1 is 1.03 bits per heavy atom. The maximum Gasteiger partial charge on any atom is 0.416 e. The van der Waals surface area contributed by atoms with Crippen molar-refractivity contribution in [1.82, 2.24) is 4.31 Å². The Morgan fingerprint density at radius 3 is 2.17 bits per heavy atom. The third-order valence-electron chi connectivity index (χ3n) is 5.35. The normalized spacial score (nSPS) is 16.4. The summed E-state index contributed by atoms with van der Waals surface area (Å²) in [4.78, 5) is 12.3. The number of hydrogen-bond donors (Lipinski definition) is 1. The van der Waals surface area contributed by atoms with Crippen LogP contribution in [0.5, 0.6) is 0 Å². The van der Waals surface area contributed by atoms with Crippen LogP contribution in [-0.4, -0.2) is 31.7 Å². The summed E-state index contributed by atoms with van der Waals surface area (Å²) >= 11 is 0. The molecule has 1 fully saturated rings. The average Bonchev–Trinajstić information content (AvgIpc) is 2.70. The predicted octanol–water partition coefficient (Wildman–Crippen LogP) is 4.36. The molecule has 0 aliphatic carbocycles. The Morgan fingerprint density at radius 2 is 1.60 bits per heavy atom. The number of benzene rings is 2. The standard InChI is InChI=1S/C21H23F3N2O3S/c1-14-5-3-6-15(2)19(14)25-20(27)16-9-11-26(12-10-16)30(28,29)18-8-4-7-17(13-18)21(22,23)24/h3-8,13,16H,9-12H2,1-2H3,(H,25,27). The fourth-order valence-corrected chi connectivity index (χ4v) is 5.09. The highest BCUT2D eigenvalue weighted by molar-refractivity contribution is 7.89. The van der Waals surface area contributed by atoms with E-state index in [9.17, 15) is 26.4 Å². The molecule has 162 valence electrons. The van der Waals surface area contributed by atoms with Crippen LogP contribution in [-0.2, 0) is 21.0 Å². The van der Waals surface area contributed by atoms with Crippen molar-refractivity contribution in [2.24, 2.45) is 5.92 Å². The first-order valence-electron chi connectivity index (χ1n) is 9.54. The van der Waals surface area contributed by atoms with Gasteiger partial charge in [0.25, 0.3) is 0 Å². The fraction of sp³-hybridized carbons (Fsp3) is 0.381. The number of amides is 1. The van der Waals surface area contributed by atoms with Gasteiger partial charge in [0, 0.05) is 24.7 Å². The zero-order valence-electron chi connectivity index (χ0n) is 16.7. The maximum absolute atomic E-state index is 12.9. The third-order valence-corrected chi connectivity index (χ3v) is 7.25. The van der Waals surface area contributed by atoms with Gasteiger partial charge in [-0.2, -0.15) is 17.5 Å². The Hall–Kier alpha value is -2.39. The van der Waals surface area contributed by atoms with Gasteiger partial charge in [0.05, 0.1) is 10.5 Å². The van der Waals surface area contributed by atoms with Crippen molar-refractivity contribution in [2.75, 3.05) is 18.4 Å². The Bertz CT molecular complexity index is 1020. The molecule has 0 spiro atoms. The summed E-state index contributed by atoms with van der Waals surface area (Å²) in [5, 5.41) is 2.93. The van der Waals surface area contributed by atoms with Crippen LogP contribution < -0.4 is 5.32 Å². The molecule has 2 aromatic rings. The van der Waals surface area contributed by atoms with Gasteiger partial charge in [-0.3, -0.25) is 4.79 Å². The first-order valence-corrected chi connectivity index (χ1v) is 11.0. The number of carbonyl (C=O) groups excluding carboxylic acids is 1. The van der Waals surface area contributed by atoms with Gasteiger partial charge < -0.3 is 5.32 Å². The van der Waals surface area contributed by atoms with Gasteiger partial charge in [0.2, 0.25) is 15.9 Å². The average molecular weight is 440 g/mol. The van der Waals surface area contributed by atoms with Gasteiger partial charge >= 0.3 is 6.18 Å². The Labute approximate surface area is 173 Å². The van der Waals surface area contributed by atoms with Crippen molar-refractivity contribution in [3.05, 3.63) is 59.2 Å². The molecule has 1 heterocycles. The van der Waals surface area contributed by atoms with Crippen molar-refractivity contribution in [2.45, 2.75) is 37.8 Å². The second-order valence-electron chi connectivity index (χ2n) is 7.46. The van der Waals surface area contributed by atoms with Crippen LogP contribution in [0.4, 0.5) is 18.9 Å². The molecule has 0 bridgehead atoms. The smallest absolute Gasteiger partial charge is 0.325 e. The Balaban J connectivity index is 1.68. The molecule has 3 rings (SSSR count). The predicted molar refractivity (Wildman–Crippen MR) is 107 cm³/mol. The number of nitrogens with one attached hydrogen (secondary N) is 1. The first kappa shape index (κ1) is 22.3. The number of rotatable bonds is 4. The topological polar surface area (TPSA) is 66.5 Å². The zero-order valence-corrected chi connectivity index (χ0v) is 17.5. The SMILES string of the molecule is Cc1cccc(C)c1NC(=O)C1CCN(S(=O)(=O)c2cccc(C(F)(F)F)c2)CC1. The maximum atomic E-state index is 12.9. The number of sulfonamides is 1. The van der Waals surface area contributed by atoms with E-state index in [4.69, 9.17) is 0 Å². The monoisotopic (exact) mass is 440 g/mol. The molecule has 1 amide bonds. The summed E-state index contributed by atoms with van der Waals surface area (Å²) < 4.78 is 65.5. The minimum atomic E-state index is -4.62. The number of aryl methyl sites for hydroxylation is 2. The van der Waals surface area contributed by atoms with Crippen LogP contribution >= 0.6 is 0 Å². The van der Waals surface area contributed by atoms with E-state index in [1.165, 1.54) is 0 Å². The van der Waals surface area contributed by atoms with E-state index in [-0.39, 0.29) is 24.9 Å². The van der Waals surface area contributed by atoms with E-state index in [1.807, 2.05) is 32.0 Å². The number of piperidine rings is 1. The summed E-state index contributed by atoms with van der Waals surface area (Å²) in [6, 6.07) is 9.42.